The number of hydrogen-bond acceptors (Lipinski definition) is 4. The Morgan fingerprint density at radius 2 is 1.89 bits per heavy atom. The number of pyridine rings is 1. The lowest BCUT2D eigenvalue weighted by Crippen LogP contribution is -2.22. The summed E-state index contributed by atoms with van der Waals surface area (Å²) in [4.78, 5) is 30.2. The molecule has 0 spiro atoms. The van der Waals surface area contributed by atoms with Crippen LogP contribution in [-0.2, 0) is 13.0 Å². The van der Waals surface area contributed by atoms with Crippen LogP contribution in [0, 0.1) is 11.6 Å². The number of benzene rings is 3. The lowest BCUT2D eigenvalue weighted by Gasteiger charge is -2.13. The number of anilines is 1. The van der Waals surface area contributed by atoms with E-state index < -0.39 is 17.5 Å². The van der Waals surface area contributed by atoms with Gasteiger partial charge in [0.25, 0.3) is 11.5 Å². The van der Waals surface area contributed by atoms with E-state index in [-0.39, 0.29) is 23.4 Å². The highest BCUT2D eigenvalue weighted by molar-refractivity contribution is 7.98. The van der Waals surface area contributed by atoms with E-state index in [0.29, 0.717) is 27.7 Å². The number of H-pyrrole nitrogens is 1. The van der Waals surface area contributed by atoms with Crippen LogP contribution < -0.4 is 16.0 Å². The number of nitrogen functional groups attached to an aromatic ring is 1. The van der Waals surface area contributed by atoms with Gasteiger partial charge in [0.1, 0.15) is 17.3 Å². The van der Waals surface area contributed by atoms with Crippen LogP contribution in [0.4, 0.5) is 14.5 Å². The van der Waals surface area contributed by atoms with Crippen LogP contribution >= 0.6 is 11.9 Å². The molecule has 4 N–H and O–H groups in total. The fourth-order valence-corrected chi connectivity index (χ4v) is 5.11. The topological polar surface area (TPSA) is 92.9 Å². The van der Waals surface area contributed by atoms with Crippen molar-refractivity contribution >= 4 is 34.4 Å². The molecule has 0 aliphatic carbocycles. The van der Waals surface area contributed by atoms with Crippen molar-refractivity contribution in [2.24, 2.45) is 0 Å². The minimum atomic E-state index is -0.725. The Morgan fingerprint density at radius 1 is 1.05 bits per heavy atom. The second-order valence-electron chi connectivity index (χ2n) is 8.77. The largest absolute Gasteiger partial charge is 0.399 e. The lowest BCUT2D eigenvalue weighted by atomic mass is 10.0. The van der Waals surface area contributed by atoms with Gasteiger partial charge in [0, 0.05) is 50.4 Å². The molecule has 0 aliphatic rings. The number of fused-ring (bicyclic) bond motifs is 1. The second-order valence-corrected chi connectivity index (χ2v) is 9.65. The molecule has 0 saturated carbocycles. The molecule has 0 atom stereocenters. The molecule has 0 aliphatic heterocycles. The highest BCUT2D eigenvalue weighted by Gasteiger charge is 2.26. The van der Waals surface area contributed by atoms with Crippen LogP contribution in [0.2, 0.25) is 0 Å². The van der Waals surface area contributed by atoms with Crippen LogP contribution in [0.5, 0.6) is 0 Å². The molecule has 3 aromatic carbocycles. The number of aryl methyl sites for hydroxylation is 1. The third kappa shape index (κ3) is 4.92. The SMILES string of the molecule is CCc1ccc2c(c1)c(-c1ccc[nH]c1=O)c(C(=O)NSc1cccc(N)c1)n2Cc1ccc(F)cc1F. The first-order valence-corrected chi connectivity index (χ1v) is 12.8. The molecule has 38 heavy (non-hydrogen) atoms. The molecule has 0 unspecified atom stereocenters. The first-order chi connectivity index (χ1) is 18.4. The highest BCUT2D eigenvalue weighted by Crippen LogP contribution is 2.36. The second kappa shape index (κ2) is 10.5. The zero-order valence-corrected chi connectivity index (χ0v) is 21.2. The number of amides is 1. The number of aromatic nitrogens is 2. The smallest absolute Gasteiger partial charge is 0.278 e. The van der Waals surface area contributed by atoms with Crippen LogP contribution in [0.25, 0.3) is 22.0 Å². The van der Waals surface area contributed by atoms with Gasteiger partial charge >= 0.3 is 0 Å². The Bertz CT molecular complexity index is 1730. The first-order valence-electron chi connectivity index (χ1n) is 12.0. The number of hydrogen-bond donors (Lipinski definition) is 3. The summed E-state index contributed by atoms with van der Waals surface area (Å²) in [6, 6.07) is 19.5. The van der Waals surface area contributed by atoms with Gasteiger partial charge < -0.3 is 15.3 Å². The molecule has 0 bridgehead atoms. The van der Waals surface area contributed by atoms with Crippen molar-refractivity contribution in [1.29, 1.82) is 0 Å². The van der Waals surface area contributed by atoms with E-state index in [9.17, 15) is 18.4 Å². The molecular formula is C29H24F2N4O2S. The molecule has 0 fully saturated rings. The van der Waals surface area contributed by atoms with E-state index in [1.807, 2.05) is 25.1 Å². The molecule has 6 nitrogen and oxygen atoms in total. The van der Waals surface area contributed by atoms with Gasteiger partial charge in [-0.05, 0) is 72.5 Å². The lowest BCUT2D eigenvalue weighted by molar-refractivity contribution is 0.0977. The van der Waals surface area contributed by atoms with Gasteiger partial charge in [-0.3, -0.25) is 14.3 Å². The number of nitrogens with zero attached hydrogens (tertiary/aromatic N) is 1. The fourth-order valence-electron chi connectivity index (χ4n) is 4.47. The van der Waals surface area contributed by atoms with E-state index in [4.69, 9.17) is 5.73 Å². The Morgan fingerprint density at radius 3 is 2.63 bits per heavy atom. The van der Waals surface area contributed by atoms with E-state index in [1.54, 1.807) is 41.0 Å². The molecule has 9 heteroatoms. The average Bonchev–Trinajstić information content (AvgIpc) is 3.22. The van der Waals surface area contributed by atoms with Gasteiger partial charge in [-0.25, -0.2) is 8.78 Å². The van der Waals surface area contributed by atoms with E-state index in [0.717, 1.165) is 34.9 Å². The number of carbonyl (C=O) groups is 1. The number of nitrogens with two attached hydrogens (primary N) is 1. The van der Waals surface area contributed by atoms with Crippen molar-refractivity contribution in [1.82, 2.24) is 14.3 Å². The van der Waals surface area contributed by atoms with Gasteiger partial charge in [-0.2, -0.15) is 0 Å². The Kier molecular flexibility index (Phi) is 7.02. The normalized spacial score (nSPS) is 11.1. The number of aromatic amines is 1. The molecular weight excluding hydrogens is 506 g/mol. The molecule has 0 radical (unpaired) electrons. The van der Waals surface area contributed by atoms with Crippen LogP contribution in [0.15, 0.2) is 88.7 Å². The summed E-state index contributed by atoms with van der Waals surface area (Å²) in [6.45, 7) is 1.96. The van der Waals surface area contributed by atoms with E-state index in [1.165, 1.54) is 18.3 Å². The number of nitrogens with one attached hydrogen (secondary N) is 2. The minimum Gasteiger partial charge on any atom is -0.399 e. The summed E-state index contributed by atoms with van der Waals surface area (Å²) in [5.41, 5.74) is 8.85. The highest BCUT2D eigenvalue weighted by atomic mass is 32.2. The third-order valence-corrected chi connectivity index (χ3v) is 7.08. The zero-order valence-electron chi connectivity index (χ0n) is 20.4. The molecule has 192 valence electrons. The van der Waals surface area contributed by atoms with Gasteiger partial charge in [0.2, 0.25) is 0 Å². The van der Waals surface area contributed by atoms with Crippen molar-refractivity contribution in [2.75, 3.05) is 5.73 Å². The zero-order chi connectivity index (χ0) is 26.8. The summed E-state index contributed by atoms with van der Waals surface area (Å²) in [5, 5.41) is 0.683. The Balaban J connectivity index is 1.73. The minimum absolute atomic E-state index is 0.0511. The van der Waals surface area contributed by atoms with E-state index >= 15 is 0 Å². The Labute approximate surface area is 221 Å². The Hall–Kier alpha value is -4.37. The van der Waals surface area contributed by atoms with Gasteiger partial charge in [-0.1, -0.05) is 25.1 Å². The van der Waals surface area contributed by atoms with Crippen LogP contribution in [-0.4, -0.2) is 15.5 Å². The van der Waals surface area contributed by atoms with Crippen molar-refractivity contribution in [3.63, 3.8) is 0 Å². The van der Waals surface area contributed by atoms with Gasteiger partial charge in [0.15, 0.2) is 0 Å². The maximum absolute atomic E-state index is 14.8. The molecule has 2 heterocycles. The summed E-state index contributed by atoms with van der Waals surface area (Å²) in [6.07, 6.45) is 2.26. The van der Waals surface area contributed by atoms with Crippen LogP contribution in [0.1, 0.15) is 28.5 Å². The average molecular weight is 531 g/mol. The standard InChI is InChI=1S/C29H24F2N4O2S/c1-2-17-8-11-25-23(13-17)26(22-7-4-12-33-28(22)36)27(29(37)34-38-21-6-3-5-20(32)15-21)35(25)16-18-9-10-19(30)14-24(18)31/h3-15H,2,16,32H2,1H3,(H,33,36)(H,34,37). The summed E-state index contributed by atoms with van der Waals surface area (Å²) in [5.74, 6) is -1.90. The number of halogens is 2. The maximum atomic E-state index is 14.8. The monoisotopic (exact) mass is 530 g/mol. The molecule has 2 aromatic heterocycles. The summed E-state index contributed by atoms with van der Waals surface area (Å²) >= 11 is 1.08. The first kappa shape index (κ1) is 25.3. The maximum Gasteiger partial charge on any atom is 0.278 e. The number of carbonyl (C=O) groups excluding carboxylic acids is 1. The quantitative estimate of drug-likeness (QED) is 0.180. The fraction of sp³-hybridized carbons (Fsp3) is 0.103. The third-order valence-electron chi connectivity index (χ3n) is 6.30. The van der Waals surface area contributed by atoms with Crippen molar-refractivity contribution in [3.05, 3.63) is 118 Å². The number of rotatable bonds is 7. The van der Waals surface area contributed by atoms with E-state index in [2.05, 4.69) is 9.71 Å². The van der Waals surface area contributed by atoms with Gasteiger partial charge in [-0.15, -0.1) is 0 Å². The van der Waals surface area contributed by atoms with Crippen molar-refractivity contribution < 1.29 is 13.6 Å². The molecule has 1 amide bonds. The summed E-state index contributed by atoms with van der Waals surface area (Å²) < 4.78 is 32.9. The van der Waals surface area contributed by atoms with Crippen molar-refractivity contribution in [3.8, 4) is 11.1 Å². The molecule has 5 rings (SSSR count). The molecule has 0 saturated heterocycles. The van der Waals surface area contributed by atoms with Gasteiger partial charge in [0.05, 0.1) is 6.54 Å². The predicted octanol–water partition coefficient (Wildman–Crippen LogP) is 5.90. The van der Waals surface area contributed by atoms with Crippen molar-refractivity contribution in [2.45, 2.75) is 24.8 Å². The molecule has 5 aromatic rings. The van der Waals surface area contributed by atoms with Crippen LogP contribution in [0.3, 0.4) is 0 Å². The predicted molar refractivity (Wildman–Crippen MR) is 147 cm³/mol. The summed E-state index contributed by atoms with van der Waals surface area (Å²) in [7, 11) is 0.